The van der Waals surface area contributed by atoms with Crippen LogP contribution in [0.5, 0.6) is 11.6 Å². The number of carbonyl (C=O) groups is 1. The lowest BCUT2D eigenvalue weighted by atomic mass is 10.1. The van der Waals surface area contributed by atoms with Crippen molar-refractivity contribution in [3.05, 3.63) is 45.7 Å². The summed E-state index contributed by atoms with van der Waals surface area (Å²) in [5, 5.41) is 0.614. The van der Waals surface area contributed by atoms with Gasteiger partial charge in [-0.05, 0) is 17.7 Å². The van der Waals surface area contributed by atoms with Crippen LogP contribution in [0.25, 0.3) is 0 Å². The molecule has 1 aliphatic heterocycles. The number of ether oxygens (including phenoxy) is 3. The van der Waals surface area contributed by atoms with Gasteiger partial charge in [0, 0.05) is 18.7 Å². The van der Waals surface area contributed by atoms with Gasteiger partial charge in [-0.15, -0.1) is 0 Å². The van der Waals surface area contributed by atoms with Crippen LogP contribution in [0.3, 0.4) is 0 Å². The minimum absolute atomic E-state index is 0.134. The van der Waals surface area contributed by atoms with Crippen LogP contribution in [0.4, 0.5) is 0 Å². The monoisotopic (exact) mass is 362 g/mol. The van der Waals surface area contributed by atoms with E-state index in [1.54, 1.807) is 11.7 Å². The van der Waals surface area contributed by atoms with Crippen LogP contribution in [0, 0.1) is 0 Å². The van der Waals surface area contributed by atoms with Crippen LogP contribution in [0.1, 0.15) is 11.1 Å². The molecular formula is C17H18N2O5S. The summed E-state index contributed by atoms with van der Waals surface area (Å²) < 4.78 is 16.9. The number of methoxy groups -OCH3 is 2. The molecule has 25 heavy (non-hydrogen) atoms. The smallest absolute Gasteiger partial charge is 0.343 e. The fourth-order valence-electron chi connectivity index (χ4n) is 2.50. The van der Waals surface area contributed by atoms with Crippen LogP contribution in [-0.2, 0) is 22.5 Å². The highest BCUT2D eigenvalue weighted by Gasteiger charge is 2.22. The van der Waals surface area contributed by atoms with Crippen molar-refractivity contribution < 1.29 is 19.0 Å². The van der Waals surface area contributed by atoms with Gasteiger partial charge in [-0.2, -0.15) is 4.98 Å². The molecule has 0 unspecified atom stereocenters. The average Bonchev–Trinajstić information content (AvgIpc) is 3.11. The second kappa shape index (κ2) is 7.60. The Kier molecular flexibility index (Phi) is 5.28. The van der Waals surface area contributed by atoms with E-state index in [4.69, 9.17) is 9.47 Å². The van der Waals surface area contributed by atoms with Crippen molar-refractivity contribution in [3.63, 3.8) is 0 Å². The van der Waals surface area contributed by atoms with Crippen molar-refractivity contribution in [2.75, 3.05) is 26.6 Å². The average molecular weight is 362 g/mol. The molecule has 0 atom stereocenters. The highest BCUT2D eigenvalue weighted by molar-refractivity contribution is 7.99. The van der Waals surface area contributed by atoms with E-state index in [0.29, 0.717) is 23.7 Å². The van der Waals surface area contributed by atoms with Crippen LogP contribution < -0.4 is 15.0 Å². The molecule has 3 rings (SSSR count). The fourth-order valence-corrected chi connectivity index (χ4v) is 3.43. The summed E-state index contributed by atoms with van der Waals surface area (Å²) in [6, 6.07) is 7.43. The van der Waals surface area contributed by atoms with Gasteiger partial charge in [0.15, 0.2) is 11.8 Å². The first kappa shape index (κ1) is 17.3. The fraction of sp³-hybridized carbons (Fsp3) is 0.353. The lowest BCUT2D eigenvalue weighted by molar-refractivity contribution is -0.143. The number of esters is 1. The third-order valence-electron chi connectivity index (χ3n) is 3.83. The second-order valence-corrected chi connectivity index (χ2v) is 6.44. The maximum Gasteiger partial charge on any atom is 0.343 e. The van der Waals surface area contributed by atoms with E-state index in [2.05, 4.69) is 9.72 Å². The summed E-state index contributed by atoms with van der Waals surface area (Å²) in [7, 11) is 2.88. The lowest BCUT2D eigenvalue weighted by Gasteiger charge is -2.12. The zero-order valence-electron chi connectivity index (χ0n) is 14.0. The predicted molar refractivity (Wildman–Crippen MR) is 92.5 cm³/mol. The van der Waals surface area contributed by atoms with Gasteiger partial charge in [0.1, 0.15) is 5.75 Å². The summed E-state index contributed by atoms with van der Waals surface area (Å²) >= 11 is 1.50. The van der Waals surface area contributed by atoms with E-state index in [9.17, 15) is 9.59 Å². The Morgan fingerprint density at radius 3 is 2.72 bits per heavy atom. The predicted octanol–water partition coefficient (Wildman–Crippen LogP) is 1.50. The molecule has 0 spiro atoms. The molecule has 0 amide bonds. The summed E-state index contributed by atoms with van der Waals surface area (Å²) in [6.45, 7) is 0.339. The van der Waals surface area contributed by atoms with Gasteiger partial charge < -0.3 is 14.2 Å². The highest BCUT2D eigenvalue weighted by atomic mass is 32.2. The van der Waals surface area contributed by atoms with Gasteiger partial charge in [-0.3, -0.25) is 9.36 Å². The van der Waals surface area contributed by atoms with Crippen LogP contribution in [0.15, 0.2) is 34.2 Å². The molecule has 0 bridgehead atoms. The molecule has 0 aliphatic carbocycles. The van der Waals surface area contributed by atoms with Gasteiger partial charge >= 0.3 is 5.97 Å². The Balaban J connectivity index is 1.94. The number of hydrogen-bond donors (Lipinski definition) is 0. The number of hydrogen-bond acceptors (Lipinski definition) is 7. The lowest BCUT2D eigenvalue weighted by Crippen LogP contribution is -2.26. The van der Waals surface area contributed by atoms with E-state index >= 15 is 0 Å². The minimum atomic E-state index is -0.523. The number of nitrogens with zero attached hydrogens (tertiary/aromatic N) is 2. The van der Waals surface area contributed by atoms with Crippen LogP contribution >= 0.6 is 11.8 Å². The number of benzene rings is 1. The normalized spacial score (nSPS) is 12.6. The van der Waals surface area contributed by atoms with Gasteiger partial charge in [-0.1, -0.05) is 23.9 Å². The molecule has 0 N–H and O–H groups in total. The van der Waals surface area contributed by atoms with Crippen LogP contribution in [0.2, 0.25) is 0 Å². The van der Waals surface area contributed by atoms with Gasteiger partial charge in [0.05, 0.1) is 19.8 Å². The van der Waals surface area contributed by atoms with Crippen molar-refractivity contribution in [1.29, 1.82) is 0 Å². The van der Waals surface area contributed by atoms with Crippen LogP contribution in [-0.4, -0.2) is 42.1 Å². The number of carbonyl (C=O) groups excluding carboxylic acids is 1. The Labute approximate surface area is 148 Å². The first-order valence-corrected chi connectivity index (χ1v) is 8.70. The summed E-state index contributed by atoms with van der Waals surface area (Å²) in [5.74, 6) is 1.20. The minimum Gasteiger partial charge on any atom is -0.497 e. The Hall–Kier alpha value is -2.48. The standard InChI is InChI=1S/C17H18N2O5S/c1-22-12-5-3-11(4-6-12)9-13-15(24-10-14(20)23-2)18-17-19(16(13)21)7-8-25-17/h3-6H,7-10H2,1-2H3. The molecule has 0 saturated heterocycles. The molecule has 132 valence electrons. The quantitative estimate of drug-likeness (QED) is 0.569. The summed E-state index contributed by atoms with van der Waals surface area (Å²) in [4.78, 5) is 28.6. The van der Waals surface area contributed by atoms with Gasteiger partial charge in [0.2, 0.25) is 5.88 Å². The molecule has 2 aromatic rings. The van der Waals surface area contributed by atoms with Crippen molar-refractivity contribution in [2.24, 2.45) is 0 Å². The van der Waals surface area contributed by atoms with E-state index in [-0.39, 0.29) is 18.0 Å². The molecule has 7 nitrogen and oxygen atoms in total. The van der Waals surface area contributed by atoms with E-state index in [1.807, 2.05) is 24.3 Å². The molecule has 2 heterocycles. The highest BCUT2D eigenvalue weighted by Crippen LogP contribution is 2.26. The van der Waals surface area contributed by atoms with E-state index in [0.717, 1.165) is 17.1 Å². The summed E-state index contributed by atoms with van der Waals surface area (Å²) in [6.07, 6.45) is 0.358. The van der Waals surface area contributed by atoms with E-state index < -0.39 is 5.97 Å². The first-order valence-electron chi connectivity index (χ1n) is 7.71. The summed E-state index contributed by atoms with van der Waals surface area (Å²) in [5.41, 5.74) is 1.22. The SMILES string of the molecule is COC(=O)COc1nc2n(c(=O)c1Cc1ccc(OC)cc1)CCS2. The molecular weight excluding hydrogens is 344 g/mol. The largest absolute Gasteiger partial charge is 0.497 e. The molecule has 8 heteroatoms. The third kappa shape index (κ3) is 3.79. The first-order chi connectivity index (χ1) is 12.1. The number of fused-ring (bicyclic) bond motifs is 1. The number of aromatic nitrogens is 2. The molecule has 1 aliphatic rings. The Morgan fingerprint density at radius 1 is 1.28 bits per heavy atom. The maximum atomic E-state index is 12.8. The van der Waals surface area contributed by atoms with Gasteiger partial charge in [0.25, 0.3) is 5.56 Å². The topological polar surface area (TPSA) is 79.7 Å². The molecule has 0 radical (unpaired) electrons. The van der Waals surface area contributed by atoms with E-state index in [1.165, 1.54) is 18.9 Å². The molecule has 1 aromatic carbocycles. The third-order valence-corrected chi connectivity index (χ3v) is 4.79. The number of rotatable bonds is 6. The zero-order chi connectivity index (χ0) is 17.8. The molecule has 0 fully saturated rings. The zero-order valence-corrected chi connectivity index (χ0v) is 14.8. The second-order valence-electron chi connectivity index (χ2n) is 5.37. The van der Waals surface area contributed by atoms with Crippen molar-refractivity contribution >= 4 is 17.7 Å². The Bertz CT molecular complexity index is 832. The van der Waals surface area contributed by atoms with Gasteiger partial charge in [-0.25, -0.2) is 4.79 Å². The Morgan fingerprint density at radius 2 is 2.04 bits per heavy atom. The van der Waals surface area contributed by atoms with Crippen molar-refractivity contribution in [1.82, 2.24) is 9.55 Å². The maximum absolute atomic E-state index is 12.8. The van der Waals surface area contributed by atoms with Crippen molar-refractivity contribution in [3.8, 4) is 11.6 Å². The number of thioether (sulfide) groups is 1. The van der Waals surface area contributed by atoms with Crippen molar-refractivity contribution in [2.45, 2.75) is 18.1 Å². The molecule has 0 saturated carbocycles. The molecule has 1 aromatic heterocycles.